The maximum Gasteiger partial charge on any atom is 0.573 e. The highest BCUT2D eigenvalue weighted by atomic mass is 35.5. The SMILES string of the molecule is COc1cnc(C(=O)Cl)c(OC(F)(F)F)c1[N+](=O)[O-]. The highest BCUT2D eigenvalue weighted by molar-refractivity contribution is 6.67. The number of carbonyl (C=O) groups excluding carboxylic acids is 1. The number of ether oxygens (including phenoxy) is 2. The third kappa shape index (κ3) is 3.44. The molecule has 11 heteroatoms. The molecule has 0 aliphatic rings. The second-order valence-electron chi connectivity index (χ2n) is 2.93. The first kappa shape index (κ1) is 15.0. The van der Waals surface area contributed by atoms with Gasteiger partial charge in [-0.1, -0.05) is 0 Å². The molecule has 0 radical (unpaired) electrons. The van der Waals surface area contributed by atoms with E-state index in [1.54, 1.807) is 0 Å². The van der Waals surface area contributed by atoms with Gasteiger partial charge in [-0.05, 0) is 11.6 Å². The minimum Gasteiger partial charge on any atom is -0.489 e. The van der Waals surface area contributed by atoms with Crippen LogP contribution in [0.4, 0.5) is 18.9 Å². The molecule has 0 N–H and O–H groups in total. The number of carbonyl (C=O) groups is 1. The average Bonchev–Trinajstić information content (AvgIpc) is 2.25. The largest absolute Gasteiger partial charge is 0.573 e. The Morgan fingerprint density at radius 2 is 2.11 bits per heavy atom. The van der Waals surface area contributed by atoms with E-state index in [1.165, 1.54) is 0 Å². The zero-order valence-corrected chi connectivity index (χ0v) is 9.78. The molecule has 104 valence electrons. The van der Waals surface area contributed by atoms with Crippen LogP contribution >= 0.6 is 11.6 Å². The van der Waals surface area contributed by atoms with E-state index in [0.717, 1.165) is 7.11 Å². The van der Waals surface area contributed by atoms with Gasteiger partial charge in [-0.3, -0.25) is 14.9 Å². The Labute approximate surface area is 108 Å². The van der Waals surface area contributed by atoms with Crippen molar-refractivity contribution in [2.24, 2.45) is 0 Å². The molecule has 0 aliphatic heterocycles. The van der Waals surface area contributed by atoms with E-state index in [1.807, 2.05) is 0 Å². The minimum atomic E-state index is -5.26. The number of nitrogens with zero attached hydrogens (tertiary/aromatic N) is 2. The quantitative estimate of drug-likeness (QED) is 0.481. The molecule has 1 heterocycles. The lowest BCUT2D eigenvalue weighted by molar-refractivity contribution is -0.389. The highest BCUT2D eigenvalue weighted by Crippen LogP contribution is 2.41. The normalized spacial score (nSPS) is 11.0. The van der Waals surface area contributed by atoms with Gasteiger partial charge < -0.3 is 9.47 Å². The molecule has 0 saturated heterocycles. The van der Waals surface area contributed by atoms with Crippen LogP contribution in [-0.4, -0.2) is 28.6 Å². The van der Waals surface area contributed by atoms with Gasteiger partial charge >= 0.3 is 12.0 Å². The summed E-state index contributed by atoms with van der Waals surface area (Å²) in [5.74, 6) is -2.03. The fourth-order valence-electron chi connectivity index (χ4n) is 1.14. The third-order valence-electron chi connectivity index (χ3n) is 1.78. The second-order valence-corrected chi connectivity index (χ2v) is 3.27. The van der Waals surface area contributed by atoms with E-state index in [9.17, 15) is 28.1 Å². The Morgan fingerprint density at radius 3 is 2.47 bits per heavy atom. The smallest absolute Gasteiger partial charge is 0.489 e. The maximum atomic E-state index is 12.2. The molecule has 19 heavy (non-hydrogen) atoms. The maximum absolute atomic E-state index is 12.2. The summed E-state index contributed by atoms with van der Waals surface area (Å²) >= 11 is 5.00. The minimum absolute atomic E-state index is 0.606. The number of alkyl halides is 3. The van der Waals surface area contributed by atoms with E-state index in [2.05, 4.69) is 14.5 Å². The van der Waals surface area contributed by atoms with E-state index < -0.39 is 39.4 Å². The molecule has 0 aliphatic carbocycles. The summed E-state index contributed by atoms with van der Waals surface area (Å²) in [6.45, 7) is 0. The van der Waals surface area contributed by atoms with Crippen LogP contribution in [0.2, 0.25) is 0 Å². The van der Waals surface area contributed by atoms with E-state index in [-0.39, 0.29) is 0 Å². The van der Waals surface area contributed by atoms with Gasteiger partial charge in [0.25, 0.3) is 5.24 Å². The molecule has 0 bridgehead atoms. The van der Waals surface area contributed by atoms with Crippen molar-refractivity contribution in [1.82, 2.24) is 4.98 Å². The predicted molar refractivity (Wildman–Crippen MR) is 54.3 cm³/mol. The summed E-state index contributed by atoms with van der Waals surface area (Å²) < 4.78 is 44.5. The van der Waals surface area contributed by atoms with Crippen LogP contribution in [0.3, 0.4) is 0 Å². The number of pyridine rings is 1. The topological polar surface area (TPSA) is 91.6 Å². The number of hydrogen-bond donors (Lipinski definition) is 0. The third-order valence-corrected chi connectivity index (χ3v) is 1.96. The lowest BCUT2D eigenvalue weighted by atomic mass is 10.3. The van der Waals surface area contributed by atoms with Crippen molar-refractivity contribution in [3.63, 3.8) is 0 Å². The molecule has 0 spiro atoms. The summed E-state index contributed by atoms with van der Waals surface area (Å²) in [4.78, 5) is 23.7. The van der Waals surface area contributed by atoms with Crippen LogP contribution in [0, 0.1) is 10.1 Å². The Bertz CT molecular complexity index is 534. The average molecular weight is 301 g/mol. The lowest BCUT2D eigenvalue weighted by Gasteiger charge is -2.12. The first-order chi connectivity index (χ1) is 8.67. The Morgan fingerprint density at radius 1 is 1.53 bits per heavy atom. The van der Waals surface area contributed by atoms with Gasteiger partial charge in [-0.2, -0.15) is 0 Å². The van der Waals surface area contributed by atoms with Gasteiger partial charge in [-0.25, -0.2) is 4.98 Å². The summed E-state index contributed by atoms with van der Waals surface area (Å²) in [5, 5.41) is 9.32. The van der Waals surface area contributed by atoms with Crippen molar-refractivity contribution in [1.29, 1.82) is 0 Å². The Balaban J connectivity index is 3.58. The summed E-state index contributed by atoms with van der Waals surface area (Å²) in [5.41, 5.74) is -2.23. The van der Waals surface area contributed by atoms with Gasteiger partial charge in [0, 0.05) is 0 Å². The van der Waals surface area contributed by atoms with Crippen LogP contribution < -0.4 is 9.47 Å². The zero-order valence-electron chi connectivity index (χ0n) is 9.02. The van der Waals surface area contributed by atoms with Gasteiger partial charge in [-0.15, -0.1) is 13.2 Å². The number of hydrogen-bond acceptors (Lipinski definition) is 6. The molecule has 0 atom stereocenters. The molecule has 0 amide bonds. The van der Waals surface area contributed by atoms with Crippen molar-refractivity contribution >= 4 is 22.5 Å². The lowest BCUT2D eigenvalue weighted by Crippen LogP contribution is -2.20. The zero-order chi connectivity index (χ0) is 14.8. The first-order valence-electron chi connectivity index (χ1n) is 4.34. The fourth-order valence-corrected chi connectivity index (χ4v) is 1.28. The van der Waals surface area contributed by atoms with Gasteiger partial charge in [0.05, 0.1) is 18.2 Å². The second kappa shape index (κ2) is 5.26. The number of nitro groups is 1. The van der Waals surface area contributed by atoms with Crippen LogP contribution in [0.1, 0.15) is 10.5 Å². The summed E-state index contributed by atoms with van der Waals surface area (Å²) in [6, 6.07) is 0. The Kier molecular flexibility index (Phi) is 4.14. The molecular weight excluding hydrogens is 297 g/mol. The molecule has 1 aromatic rings. The highest BCUT2D eigenvalue weighted by Gasteiger charge is 2.39. The Hall–Kier alpha value is -2.10. The molecule has 7 nitrogen and oxygen atoms in total. The van der Waals surface area contributed by atoms with Crippen LogP contribution in [0.15, 0.2) is 6.20 Å². The molecule has 0 saturated carbocycles. The summed E-state index contributed by atoms with van der Waals surface area (Å²) in [7, 11) is 0.976. The number of aromatic nitrogens is 1. The van der Waals surface area contributed by atoms with E-state index in [4.69, 9.17) is 11.6 Å². The number of rotatable bonds is 4. The van der Waals surface area contributed by atoms with Crippen molar-refractivity contribution < 1.29 is 32.4 Å². The molecule has 0 unspecified atom stereocenters. The molecule has 0 fully saturated rings. The standard InChI is InChI=1S/C8H4ClF3N2O5/c1-18-3-2-13-4(7(9)15)6(5(3)14(16)17)19-8(10,11)12/h2H,1H3. The molecule has 1 rings (SSSR count). The van der Waals surface area contributed by atoms with Crippen LogP contribution in [-0.2, 0) is 0 Å². The van der Waals surface area contributed by atoms with Crippen molar-refractivity contribution in [2.45, 2.75) is 6.36 Å². The predicted octanol–water partition coefficient (Wildman–Crippen LogP) is 2.28. The number of halogens is 4. The van der Waals surface area contributed by atoms with Gasteiger partial charge in [0.1, 0.15) is 0 Å². The van der Waals surface area contributed by atoms with E-state index in [0.29, 0.717) is 6.20 Å². The summed E-state index contributed by atoms with van der Waals surface area (Å²) in [6.07, 6.45) is -4.57. The first-order valence-corrected chi connectivity index (χ1v) is 4.72. The fraction of sp³-hybridized carbons (Fsp3) is 0.250. The van der Waals surface area contributed by atoms with Gasteiger partial charge in [0.2, 0.25) is 11.5 Å². The van der Waals surface area contributed by atoms with Crippen molar-refractivity contribution in [3.8, 4) is 11.5 Å². The van der Waals surface area contributed by atoms with Crippen molar-refractivity contribution in [2.75, 3.05) is 7.11 Å². The number of methoxy groups -OCH3 is 1. The van der Waals surface area contributed by atoms with Gasteiger partial charge in [0.15, 0.2) is 5.69 Å². The van der Waals surface area contributed by atoms with Crippen LogP contribution in [0.5, 0.6) is 11.5 Å². The van der Waals surface area contributed by atoms with Crippen LogP contribution in [0.25, 0.3) is 0 Å². The van der Waals surface area contributed by atoms with E-state index >= 15 is 0 Å². The van der Waals surface area contributed by atoms with Crippen molar-refractivity contribution in [3.05, 3.63) is 22.0 Å². The molecule has 0 aromatic carbocycles. The molecule has 1 aromatic heterocycles. The monoisotopic (exact) mass is 300 g/mol. The molecular formula is C8H4ClF3N2O5.